The molecule has 0 heterocycles. The summed E-state index contributed by atoms with van der Waals surface area (Å²) in [5, 5.41) is 13.6. The minimum atomic E-state index is -0.472. The molecule has 13 heavy (non-hydrogen) atoms. The van der Waals surface area contributed by atoms with Gasteiger partial charge in [0, 0.05) is 13.0 Å². The lowest BCUT2D eigenvalue weighted by atomic mass is 10.3. The van der Waals surface area contributed by atoms with Gasteiger partial charge in [-0.15, -0.1) is 24.1 Å². The van der Waals surface area contributed by atoms with Crippen molar-refractivity contribution < 1.29 is 4.92 Å². The van der Waals surface area contributed by atoms with Crippen LogP contribution in [0.25, 0.3) is 0 Å². The molecule has 0 aliphatic carbocycles. The molecule has 0 aromatic carbocycles. The molecule has 0 saturated carbocycles. The Balaban J connectivity index is 3.74. The predicted octanol–water partition coefficient (Wildman–Crippen LogP) is 1.43. The molecule has 0 aliphatic rings. The maximum Gasteiger partial charge on any atom is 0.263 e. The van der Waals surface area contributed by atoms with E-state index in [0.717, 1.165) is 12.6 Å². The third kappa shape index (κ3) is 7.22. The van der Waals surface area contributed by atoms with Gasteiger partial charge in [0.05, 0.1) is 4.92 Å². The van der Waals surface area contributed by atoms with Crippen LogP contribution in [-0.4, -0.2) is 17.7 Å². The van der Waals surface area contributed by atoms with Crippen LogP contribution < -0.4 is 5.32 Å². The van der Waals surface area contributed by atoms with Gasteiger partial charge in [0.1, 0.15) is 5.03 Å². The van der Waals surface area contributed by atoms with Crippen molar-refractivity contribution in [1.82, 2.24) is 5.32 Å². The van der Waals surface area contributed by atoms with E-state index in [0.29, 0.717) is 18.0 Å². The Kier molecular flexibility index (Phi) is 6.83. The van der Waals surface area contributed by atoms with E-state index >= 15 is 0 Å². The van der Waals surface area contributed by atoms with Crippen LogP contribution in [0.2, 0.25) is 0 Å². The molecule has 0 atom stereocenters. The molecule has 4 nitrogen and oxygen atoms in total. The Bertz CT molecular complexity index is 233. The Morgan fingerprint density at radius 3 is 3.00 bits per heavy atom. The Morgan fingerprint density at radius 2 is 2.54 bits per heavy atom. The maximum absolute atomic E-state index is 10.1. The first kappa shape index (κ1) is 11.8. The van der Waals surface area contributed by atoms with Crippen molar-refractivity contribution in [3.8, 4) is 12.3 Å². The average molecular weight is 200 g/mol. The molecule has 0 rings (SSSR count). The van der Waals surface area contributed by atoms with Crippen molar-refractivity contribution in [3.05, 3.63) is 21.3 Å². The molecule has 0 saturated heterocycles. The largest absolute Gasteiger partial charge is 0.375 e. The van der Waals surface area contributed by atoms with E-state index in [4.69, 9.17) is 6.42 Å². The van der Waals surface area contributed by atoms with E-state index in [1.807, 2.05) is 0 Å². The molecule has 0 amide bonds. The molecule has 0 spiro atoms. The minimum Gasteiger partial charge on any atom is -0.375 e. The topological polar surface area (TPSA) is 55.2 Å². The maximum atomic E-state index is 10.1. The second-order valence-corrected chi connectivity index (χ2v) is 3.07. The van der Waals surface area contributed by atoms with E-state index < -0.39 is 4.92 Å². The Morgan fingerprint density at radius 1 is 1.85 bits per heavy atom. The summed E-state index contributed by atoms with van der Waals surface area (Å²) in [6.07, 6.45) is 9.31. The van der Waals surface area contributed by atoms with Gasteiger partial charge in [-0.3, -0.25) is 10.1 Å². The fourth-order valence-electron chi connectivity index (χ4n) is 0.668. The second kappa shape index (κ2) is 7.50. The van der Waals surface area contributed by atoms with Crippen molar-refractivity contribution in [2.75, 3.05) is 12.8 Å². The number of nitro groups is 1. The van der Waals surface area contributed by atoms with Gasteiger partial charge in [0.2, 0.25) is 0 Å². The van der Waals surface area contributed by atoms with Crippen LogP contribution in [0.5, 0.6) is 0 Å². The summed E-state index contributed by atoms with van der Waals surface area (Å²) >= 11 is 1.31. The highest BCUT2D eigenvalue weighted by Crippen LogP contribution is 2.06. The Labute approximate surface area is 81.9 Å². The number of thioether (sulfide) groups is 1. The third-order valence-electron chi connectivity index (χ3n) is 1.24. The molecule has 1 N–H and O–H groups in total. The predicted molar refractivity (Wildman–Crippen MR) is 54.7 cm³/mol. The lowest BCUT2D eigenvalue weighted by Crippen LogP contribution is -2.13. The number of rotatable bonds is 6. The van der Waals surface area contributed by atoms with Crippen molar-refractivity contribution in [1.29, 1.82) is 0 Å². The molecular weight excluding hydrogens is 188 g/mol. The zero-order chi connectivity index (χ0) is 10.1. The summed E-state index contributed by atoms with van der Waals surface area (Å²) in [7, 11) is 0. The van der Waals surface area contributed by atoms with Crippen LogP contribution in [0, 0.1) is 22.5 Å². The van der Waals surface area contributed by atoms with E-state index in [-0.39, 0.29) is 0 Å². The molecule has 0 radical (unpaired) electrons. The highest BCUT2D eigenvalue weighted by Gasteiger charge is 1.98. The molecule has 0 aliphatic heterocycles. The second-order valence-electron chi connectivity index (χ2n) is 2.22. The first-order valence-corrected chi connectivity index (χ1v) is 4.99. The van der Waals surface area contributed by atoms with Crippen LogP contribution in [0.4, 0.5) is 0 Å². The molecule has 0 fully saturated rings. The molecule has 0 aromatic heterocycles. The van der Waals surface area contributed by atoms with Gasteiger partial charge in [0.15, 0.2) is 0 Å². The van der Waals surface area contributed by atoms with E-state index in [9.17, 15) is 10.1 Å². The zero-order valence-corrected chi connectivity index (χ0v) is 8.26. The van der Waals surface area contributed by atoms with Crippen molar-refractivity contribution in [2.45, 2.75) is 12.8 Å². The number of hydrogen-bond acceptors (Lipinski definition) is 4. The first-order valence-electron chi connectivity index (χ1n) is 3.77. The van der Waals surface area contributed by atoms with E-state index in [2.05, 4.69) is 11.2 Å². The fraction of sp³-hybridized carbons (Fsp3) is 0.500. The van der Waals surface area contributed by atoms with Gasteiger partial charge in [-0.2, -0.15) is 0 Å². The molecule has 0 aromatic rings. The molecule has 0 unspecified atom stereocenters. The standard InChI is InChI=1S/C8H12N2O2S/c1-3-4-5-6-9-8(13-2)7-10(11)12/h1,7,9H,4-6H2,2H3/b8-7-. The first-order chi connectivity index (χ1) is 6.20. The zero-order valence-electron chi connectivity index (χ0n) is 7.45. The molecule has 72 valence electrons. The number of nitrogens with zero attached hydrogens (tertiary/aromatic N) is 1. The van der Waals surface area contributed by atoms with Crippen molar-refractivity contribution in [2.24, 2.45) is 0 Å². The van der Waals surface area contributed by atoms with Crippen LogP contribution in [0.3, 0.4) is 0 Å². The van der Waals surface area contributed by atoms with Gasteiger partial charge in [-0.25, -0.2) is 0 Å². The number of terminal acetylenes is 1. The van der Waals surface area contributed by atoms with E-state index in [1.54, 1.807) is 6.26 Å². The van der Waals surface area contributed by atoms with Gasteiger partial charge in [-0.05, 0) is 12.7 Å². The monoisotopic (exact) mass is 200 g/mol. The van der Waals surface area contributed by atoms with Gasteiger partial charge in [-0.1, -0.05) is 0 Å². The van der Waals surface area contributed by atoms with Crippen LogP contribution in [-0.2, 0) is 0 Å². The summed E-state index contributed by atoms with van der Waals surface area (Å²) in [5.41, 5.74) is 0. The fourth-order valence-corrected chi connectivity index (χ4v) is 1.11. The summed E-state index contributed by atoms with van der Waals surface area (Å²) in [4.78, 5) is 9.63. The normalized spacial score (nSPS) is 10.6. The highest BCUT2D eigenvalue weighted by atomic mass is 32.2. The van der Waals surface area contributed by atoms with E-state index in [1.165, 1.54) is 11.8 Å². The van der Waals surface area contributed by atoms with Gasteiger partial charge < -0.3 is 5.32 Å². The Hall–Kier alpha value is -1.15. The lowest BCUT2D eigenvalue weighted by molar-refractivity contribution is -0.403. The van der Waals surface area contributed by atoms with Crippen LogP contribution in [0.1, 0.15) is 12.8 Å². The minimum absolute atomic E-state index is 0.472. The summed E-state index contributed by atoms with van der Waals surface area (Å²) < 4.78 is 0. The highest BCUT2D eigenvalue weighted by molar-refractivity contribution is 8.02. The smallest absolute Gasteiger partial charge is 0.263 e. The summed E-state index contributed by atoms with van der Waals surface area (Å²) in [6.45, 7) is 0.671. The molecular formula is C8H12N2O2S. The average Bonchev–Trinajstić information content (AvgIpc) is 2.09. The third-order valence-corrected chi connectivity index (χ3v) is 1.93. The van der Waals surface area contributed by atoms with Gasteiger partial charge in [0.25, 0.3) is 6.20 Å². The quantitative estimate of drug-likeness (QED) is 0.305. The van der Waals surface area contributed by atoms with Gasteiger partial charge >= 0.3 is 0 Å². The lowest BCUT2D eigenvalue weighted by Gasteiger charge is -2.03. The molecule has 0 bridgehead atoms. The number of hydrogen-bond donors (Lipinski definition) is 1. The van der Waals surface area contributed by atoms with Crippen molar-refractivity contribution >= 4 is 11.8 Å². The van der Waals surface area contributed by atoms with Crippen LogP contribution in [0.15, 0.2) is 11.2 Å². The number of unbranched alkanes of at least 4 members (excludes halogenated alkanes) is 1. The van der Waals surface area contributed by atoms with Crippen molar-refractivity contribution in [3.63, 3.8) is 0 Å². The SMILES string of the molecule is C#CCCCN/C(=C/[N+](=O)[O-])SC. The number of nitrogens with one attached hydrogen (secondary N) is 1. The molecule has 5 heteroatoms. The summed E-state index contributed by atoms with van der Waals surface area (Å²) in [6, 6.07) is 0. The summed E-state index contributed by atoms with van der Waals surface area (Å²) in [5.74, 6) is 2.50. The van der Waals surface area contributed by atoms with Crippen LogP contribution >= 0.6 is 11.8 Å².